The maximum absolute atomic E-state index is 14.6. The number of fused-ring (bicyclic) bond motifs is 1. The van der Waals surface area contributed by atoms with Gasteiger partial charge in [0.05, 0.1) is 12.5 Å². The van der Waals surface area contributed by atoms with Crippen LogP contribution in [0.15, 0.2) is 30.5 Å². The molecule has 166 valence electrons. The van der Waals surface area contributed by atoms with Gasteiger partial charge in [0.1, 0.15) is 17.0 Å². The van der Waals surface area contributed by atoms with Gasteiger partial charge in [-0.05, 0) is 38.0 Å². The third-order valence-corrected chi connectivity index (χ3v) is 6.46. The van der Waals surface area contributed by atoms with Crippen molar-refractivity contribution in [1.29, 1.82) is 0 Å². The molecule has 1 N–H and O–H groups in total. The summed E-state index contributed by atoms with van der Waals surface area (Å²) in [6.07, 6.45) is 3.40. The molecule has 4 rings (SSSR count). The van der Waals surface area contributed by atoms with Crippen LogP contribution in [-0.4, -0.2) is 53.1 Å². The Balaban J connectivity index is 0.00000272. The van der Waals surface area contributed by atoms with E-state index in [0.29, 0.717) is 42.6 Å². The first-order valence-electron chi connectivity index (χ1n) is 9.52. The van der Waals surface area contributed by atoms with Crippen molar-refractivity contribution in [3.63, 3.8) is 0 Å². The van der Waals surface area contributed by atoms with Gasteiger partial charge < -0.3 is 5.32 Å². The summed E-state index contributed by atoms with van der Waals surface area (Å²) in [5, 5.41) is 3.69. The maximum Gasteiger partial charge on any atom is 0.223 e. The number of aromatic nitrogens is 3. The predicted octanol–water partition coefficient (Wildman–Crippen LogP) is 3.54. The Morgan fingerprint density at radius 2 is 1.81 bits per heavy atom. The molecule has 11 heteroatoms. The fourth-order valence-electron chi connectivity index (χ4n) is 3.58. The molecular formula is C20H22ClF2N5O2S. The molecule has 0 saturated carbocycles. The average molecular weight is 470 g/mol. The smallest absolute Gasteiger partial charge is 0.223 e. The van der Waals surface area contributed by atoms with Crippen LogP contribution >= 0.6 is 12.4 Å². The number of piperidine rings is 1. The van der Waals surface area contributed by atoms with E-state index in [0.717, 1.165) is 6.20 Å². The molecule has 1 aliphatic heterocycles. The van der Waals surface area contributed by atoms with Crippen molar-refractivity contribution >= 4 is 39.3 Å². The van der Waals surface area contributed by atoms with Crippen molar-refractivity contribution in [2.75, 3.05) is 24.7 Å². The van der Waals surface area contributed by atoms with Gasteiger partial charge >= 0.3 is 0 Å². The Hall–Kier alpha value is -2.43. The minimum absolute atomic E-state index is 0. The summed E-state index contributed by atoms with van der Waals surface area (Å²) in [5.74, 6) is -0.995. The van der Waals surface area contributed by atoms with E-state index < -0.39 is 21.7 Å². The molecule has 0 aliphatic carbocycles. The van der Waals surface area contributed by atoms with Crippen molar-refractivity contribution in [2.24, 2.45) is 0 Å². The lowest BCUT2D eigenvalue weighted by Gasteiger charge is -2.30. The first kappa shape index (κ1) is 23.2. The molecule has 2 aromatic heterocycles. The molecule has 0 spiro atoms. The molecule has 7 nitrogen and oxygen atoms in total. The minimum Gasteiger partial charge on any atom is -0.351 e. The summed E-state index contributed by atoms with van der Waals surface area (Å²) in [6.45, 7) is 2.56. The zero-order valence-corrected chi connectivity index (χ0v) is 18.6. The lowest BCUT2D eigenvalue weighted by molar-refractivity contribution is 0.331. The van der Waals surface area contributed by atoms with E-state index >= 15 is 0 Å². The molecule has 0 atom stereocenters. The molecule has 1 aromatic carbocycles. The van der Waals surface area contributed by atoms with Crippen LogP contribution in [0.3, 0.4) is 0 Å². The molecule has 0 amide bonds. The van der Waals surface area contributed by atoms with Gasteiger partial charge in [-0.1, -0.05) is 6.07 Å². The third kappa shape index (κ3) is 5.08. The SMILES string of the molecule is Cc1ccc2cc(-c3nc(NC4CCN(S(C)(=O)=O)CC4)ncc3F)cc(F)c2n1.Cl. The van der Waals surface area contributed by atoms with Gasteiger partial charge in [-0.25, -0.2) is 31.5 Å². The van der Waals surface area contributed by atoms with E-state index in [1.54, 1.807) is 25.1 Å². The van der Waals surface area contributed by atoms with E-state index in [-0.39, 0.29) is 35.6 Å². The van der Waals surface area contributed by atoms with Crippen LogP contribution in [-0.2, 0) is 10.0 Å². The van der Waals surface area contributed by atoms with Crippen LogP contribution in [0.4, 0.5) is 14.7 Å². The zero-order chi connectivity index (χ0) is 21.5. The number of benzene rings is 1. The van der Waals surface area contributed by atoms with Gasteiger partial charge in [0, 0.05) is 35.8 Å². The van der Waals surface area contributed by atoms with Crippen molar-refractivity contribution < 1.29 is 17.2 Å². The third-order valence-electron chi connectivity index (χ3n) is 5.16. The minimum atomic E-state index is -3.21. The Morgan fingerprint density at radius 1 is 1.10 bits per heavy atom. The Bertz CT molecular complexity index is 1220. The second-order valence-corrected chi connectivity index (χ2v) is 9.44. The van der Waals surface area contributed by atoms with Crippen molar-refractivity contribution in [2.45, 2.75) is 25.8 Å². The molecule has 1 fully saturated rings. The predicted molar refractivity (Wildman–Crippen MR) is 118 cm³/mol. The Kier molecular flexibility index (Phi) is 6.73. The number of pyridine rings is 1. The molecule has 0 unspecified atom stereocenters. The highest BCUT2D eigenvalue weighted by Gasteiger charge is 2.25. The van der Waals surface area contributed by atoms with Gasteiger partial charge in [0.2, 0.25) is 16.0 Å². The molecule has 0 bridgehead atoms. The fraction of sp³-hybridized carbons (Fsp3) is 0.350. The number of halogens is 3. The molecular weight excluding hydrogens is 448 g/mol. The first-order valence-corrected chi connectivity index (χ1v) is 11.4. The quantitative estimate of drug-likeness (QED) is 0.628. The Morgan fingerprint density at radius 3 is 2.48 bits per heavy atom. The first-order chi connectivity index (χ1) is 14.2. The second-order valence-electron chi connectivity index (χ2n) is 7.45. The van der Waals surface area contributed by atoms with Crippen molar-refractivity contribution in [1.82, 2.24) is 19.3 Å². The number of sulfonamides is 1. The summed E-state index contributed by atoms with van der Waals surface area (Å²) >= 11 is 0. The highest BCUT2D eigenvalue weighted by molar-refractivity contribution is 7.88. The topological polar surface area (TPSA) is 88.1 Å². The number of hydrogen-bond donors (Lipinski definition) is 1. The molecule has 1 saturated heterocycles. The summed E-state index contributed by atoms with van der Waals surface area (Å²) in [6, 6.07) is 6.32. The normalized spacial score (nSPS) is 15.6. The van der Waals surface area contributed by atoms with Gasteiger partial charge in [-0.3, -0.25) is 4.98 Å². The monoisotopic (exact) mass is 469 g/mol. The summed E-state index contributed by atoms with van der Waals surface area (Å²) in [5.41, 5.74) is 1.20. The van der Waals surface area contributed by atoms with Crippen molar-refractivity contribution in [3.8, 4) is 11.3 Å². The molecule has 1 aliphatic rings. The number of nitrogens with zero attached hydrogens (tertiary/aromatic N) is 4. The maximum atomic E-state index is 14.6. The highest BCUT2D eigenvalue weighted by Crippen LogP contribution is 2.28. The van der Waals surface area contributed by atoms with Gasteiger partial charge in [0.15, 0.2) is 5.82 Å². The van der Waals surface area contributed by atoms with Crippen LogP contribution in [0.1, 0.15) is 18.5 Å². The van der Waals surface area contributed by atoms with Crippen molar-refractivity contribution in [3.05, 3.63) is 47.8 Å². The number of hydrogen-bond acceptors (Lipinski definition) is 6. The van der Waals surface area contributed by atoms with Crippen LogP contribution < -0.4 is 5.32 Å². The van der Waals surface area contributed by atoms with E-state index in [2.05, 4.69) is 20.3 Å². The van der Waals surface area contributed by atoms with Gasteiger partial charge in [-0.15, -0.1) is 12.4 Å². The molecule has 0 radical (unpaired) electrons. The van der Waals surface area contributed by atoms with E-state index in [4.69, 9.17) is 0 Å². The van der Waals surface area contributed by atoms with Crippen LogP contribution in [0, 0.1) is 18.6 Å². The summed E-state index contributed by atoms with van der Waals surface area (Å²) in [4.78, 5) is 12.4. The van der Waals surface area contributed by atoms with Gasteiger partial charge in [-0.2, -0.15) is 0 Å². The highest BCUT2D eigenvalue weighted by atomic mass is 35.5. The molecule has 31 heavy (non-hydrogen) atoms. The average Bonchev–Trinajstić information content (AvgIpc) is 2.69. The summed E-state index contributed by atoms with van der Waals surface area (Å²) in [7, 11) is -3.21. The second kappa shape index (κ2) is 8.97. The molecule has 3 heterocycles. The standard InChI is InChI=1S/C20H21F2N5O2S.ClH/c1-12-3-4-13-9-14(10-16(21)18(13)24-12)19-17(22)11-23-20(26-19)25-15-5-7-27(8-6-15)30(2,28)29;/h3-4,9-11,15H,5-8H2,1-2H3,(H,23,25,26);1H. The zero-order valence-electron chi connectivity index (χ0n) is 17.0. The van der Waals surface area contributed by atoms with Crippen LogP contribution in [0.25, 0.3) is 22.2 Å². The lowest BCUT2D eigenvalue weighted by atomic mass is 10.1. The van der Waals surface area contributed by atoms with Crippen LogP contribution in [0.5, 0.6) is 0 Å². The fourth-order valence-corrected chi connectivity index (χ4v) is 4.45. The summed E-state index contributed by atoms with van der Waals surface area (Å²) < 4.78 is 53.7. The Labute approximate surface area is 185 Å². The van der Waals surface area contributed by atoms with E-state index in [1.807, 2.05) is 0 Å². The van der Waals surface area contributed by atoms with E-state index in [1.165, 1.54) is 16.6 Å². The van der Waals surface area contributed by atoms with Gasteiger partial charge in [0.25, 0.3) is 0 Å². The van der Waals surface area contributed by atoms with Crippen LogP contribution in [0.2, 0.25) is 0 Å². The number of aryl methyl sites for hydroxylation is 1. The lowest BCUT2D eigenvalue weighted by Crippen LogP contribution is -2.42. The molecule has 3 aromatic rings. The largest absolute Gasteiger partial charge is 0.351 e. The number of anilines is 1. The van der Waals surface area contributed by atoms with E-state index in [9.17, 15) is 17.2 Å². The number of rotatable bonds is 4. The number of nitrogens with one attached hydrogen (secondary N) is 1.